The van der Waals surface area contributed by atoms with Gasteiger partial charge in [0.05, 0.1) is 37.2 Å². The predicted octanol–water partition coefficient (Wildman–Crippen LogP) is 2.45. The van der Waals surface area contributed by atoms with Gasteiger partial charge in [0.2, 0.25) is 11.8 Å². The molecular formula is C26H40N2O6. The molecule has 0 aliphatic carbocycles. The van der Waals surface area contributed by atoms with E-state index in [4.69, 9.17) is 9.47 Å². The number of carbonyl (C=O) groups excluding carboxylic acids is 3. The number of ether oxygens (including phenoxy) is 2. The summed E-state index contributed by atoms with van der Waals surface area (Å²) in [6.45, 7) is 15.3. The monoisotopic (exact) mass is 476 g/mol. The summed E-state index contributed by atoms with van der Waals surface area (Å²) < 4.78 is 12.0. The van der Waals surface area contributed by atoms with Gasteiger partial charge < -0.3 is 24.4 Å². The topological polar surface area (TPSA) is 96.4 Å². The van der Waals surface area contributed by atoms with E-state index >= 15 is 0 Å². The normalized spacial score (nSPS) is 30.7. The number of likely N-dealkylation sites (tertiary alicyclic amines) is 1. The smallest absolute Gasteiger partial charge is 0.312 e. The second kappa shape index (κ2) is 10.2. The molecule has 8 nitrogen and oxygen atoms in total. The van der Waals surface area contributed by atoms with Crippen molar-refractivity contribution in [3.8, 4) is 0 Å². The zero-order valence-corrected chi connectivity index (χ0v) is 21.0. The Morgan fingerprint density at radius 3 is 2.62 bits per heavy atom. The molecule has 34 heavy (non-hydrogen) atoms. The van der Waals surface area contributed by atoms with Gasteiger partial charge in [0.15, 0.2) is 0 Å². The largest absolute Gasteiger partial charge is 0.465 e. The Morgan fingerprint density at radius 1 is 1.32 bits per heavy atom. The first-order chi connectivity index (χ1) is 16.0. The van der Waals surface area contributed by atoms with Gasteiger partial charge in [-0.3, -0.25) is 14.4 Å². The molecule has 3 fully saturated rings. The second-order valence-electron chi connectivity index (χ2n) is 10.7. The summed E-state index contributed by atoms with van der Waals surface area (Å²) in [5, 5.41) is 9.93. The maximum atomic E-state index is 14.0. The van der Waals surface area contributed by atoms with Crippen LogP contribution >= 0.6 is 0 Å². The van der Waals surface area contributed by atoms with Crippen LogP contribution in [0, 0.1) is 11.8 Å². The van der Waals surface area contributed by atoms with Crippen LogP contribution in [0.5, 0.6) is 0 Å². The molecule has 0 aromatic rings. The fraction of sp³-hybridized carbons (Fsp3) is 0.731. The lowest BCUT2D eigenvalue weighted by Gasteiger charge is -2.43. The van der Waals surface area contributed by atoms with E-state index in [-0.39, 0.29) is 25.0 Å². The highest BCUT2D eigenvalue weighted by atomic mass is 16.6. The molecule has 0 saturated carbocycles. The minimum Gasteiger partial charge on any atom is -0.465 e. The van der Waals surface area contributed by atoms with Gasteiger partial charge >= 0.3 is 5.97 Å². The first-order valence-electron chi connectivity index (χ1n) is 12.4. The van der Waals surface area contributed by atoms with Crippen LogP contribution in [0.3, 0.4) is 0 Å². The van der Waals surface area contributed by atoms with Crippen molar-refractivity contribution in [3.63, 3.8) is 0 Å². The average Bonchev–Trinajstić information content (AvgIpc) is 3.42. The Bertz CT molecular complexity index is 821. The molecule has 3 saturated heterocycles. The molecule has 3 aliphatic rings. The number of esters is 1. The number of nitrogens with zero attached hydrogens (tertiary/aromatic N) is 2. The van der Waals surface area contributed by atoms with Crippen LogP contribution in [0.4, 0.5) is 0 Å². The highest BCUT2D eigenvalue weighted by molar-refractivity contribution is 5.98. The second-order valence-corrected chi connectivity index (χ2v) is 10.7. The molecule has 2 unspecified atom stereocenters. The zero-order valence-electron chi connectivity index (χ0n) is 21.0. The van der Waals surface area contributed by atoms with Crippen molar-refractivity contribution in [1.29, 1.82) is 0 Å². The van der Waals surface area contributed by atoms with Gasteiger partial charge in [0, 0.05) is 12.1 Å². The first kappa shape index (κ1) is 26.4. The third-order valence-electron chi connectivity index (χ3n) is 7.42. The van der Waals surface area contributed by atoms with Crippen LogP contribution in [-0.2, 0) is 23.9 Å². The molecule has 0 aromatic heterocycles. The maximum absolute atomic E-state index is 14.0. The Labute approximate surface area is 202 Å². The molecule has 0 radical (unpaired) electrons. The minimum atomic E-state index is -1.10. The van der Waals surface area contributed by atoms with E-state index < -0.39 is 47.1 Å². The summed E-state index contributed by atoms with van der Waals surface area (Å²) in [5.74, 6) is -2.53. The number of carbonyl (C=O) groups is 3. The molecule has 8 heteroatoms. The molecule has 3 heterocycles. The zero-order chi connectivity index (χ0) is 25.3. The lowest BCUT2D eigenvalue weighted by Crippen LogP contribution is -2.61. The van der Waals surface area contributed by atoms with Gasteiger partial charge in [-0.2, -0.15) is 0 Å². The molecule has 3 rings (SSSR count). The van der Waals surface area contributed by atoms with E-state index in [1.54, 1.807) is 17.9 Å². The van der Waals surface area contributed by atoms with Gasteiger partial charge in [-0.1, -0.05) is 12.2 Å². The molecule has 1 N–H and O–H groups in total. The van der Waals surface area contributed by atoms with E-state index in [1.807, 2.05) is 26.8 Å². The molecule has 0 aromatic carbocycles. The lowest BCUT2D eigenvalue weighted by molar-refractivity contribution is -0.157. The highest BCUT2D eigenvalue weighted by Crippen LogP contribution is 2.59. The molecular weight excluding hydrogens is 436 g/mol. The van der Waals surface area contributed by atoms with Crippen molar-refractivity contribution in [3.05, 3.63) is 25.3 Å². The summed E-state index contributed by atoms with van der Waals surface area (Å²) in [4.78, 5) is 44.1. The number of fused-ring (bicyclic) bond motifs is 1. The SMILES string of the molecule is C=CCCCCOC(=O)[C@@H]1[C@H]2C(=O)N([C@H](C)CO)C(C(=O)N(CC=C)C(C)(C)C)C23CC[C@H]1O3. The van der Waals surface area contributed by atoms with Crippen LogP contribution in [0.25, 0.3) is 0 Å². The quantitative estimate of drug-likeness (QED) is 0.280. The standard InChI is InChI=1S/C26H40N2O6/c1-7-9-10-11-15-33-24(32)19-18-12-13-26(34-18)20(19)22(30)28(17(3)16-29)21(26)23(31)27(14-8-2)25(4,5)6/h7-8,17-21,29H,1-2,9-16H2,3-6H3/t17-,18-,19+,20+,21?,26?/m1/s1. The van der Waals surface area contributed by atoms with Crippen LogP contribution in [-0.4, -0.2) is 81.8 Å². The van der Waals surface area contributed by atoms with E-state index in [1.165, 1.54) is 4.90 Å². The third-order valence-corrected chi connectivity index (χ3v) is 7.42. The van der Waals surface area contributed by atoms with Gasteiger partial charge in [-0.05, 0) is 59.8 Å². The van der Waals surface area contributed by atoms with Crippen molar-refractivity contribution in [1.82, 2.24) is 9.80 Å². The fourth-order valence-electron chi connectivity index (χ4n) is 5.83. The minimum absolute atomic E-state index is 0.248. The number of hydrogen-bond acceptors (Lipinski definition) is 6. The van der Waals surface area contributed by atoms with Crippen molar-refractivity contribution in [2.75, 3.05) is 19.8 Å². The van der Waals surface area contributed by atoms with Crippen LogP contribution in [0.15, 0.2) is 25.3 Å². The number of amides is 2. The van der Waals surface area contributed by atoms with Crippen LogP contribution in [0.1, 0.15) is 59.8 Å². The van der Waals surface area contributed by atoms with Crippen molar-refractivity contribution >= 4 is 17.8 Å². The average molecular weight is 477 g/mol. The highest BCUT2D eigenvalue weighted by Gasteiger charge is 2.75. The number of hydrogen-bond donors (Lipinski definition) is 1. The van der Waals surface area contributed by atoms with Crippen LogP contribution in [0.2, 0.25) is 0 Å². The molecule has 3 aliphatic heterocycles. The number of unbranched alkanes of at least 4 members (excludes halogenated alkanes) is 2. The van der Waals surface area contributed by atoms with Crippen molar-refractivity contribution in [2.45, 2.75) is 89.1 Å². The third kappa shape index (κ3) is 4.42. The first-order valence-corrected chi connectivity index (χ1v) is 12.4. The Balaban J connectivity index is 1.93. The summed E-state index contributed by atoms with van der Waals surface area (Å²) in [7, 11) is 0. The van der Waals surface area contributed by atoms with Crippen molar-refractivity contribution in [2.24, 2.45) is 11.8 Å². The maximum Gasteiger partial charge on any atom is 0.312 e. The van der Waals surface area contributed by atoms with E-state index in [9.17, 15) is 19.5 Å². The van der Waals surface area contributed by atoms with Gasteiger partial charge in [0.25, 0.3) is 0 Å². The van der Waals surface area contributed by atoms with E-state index in [2.05, 4.69) is 13.2 Å². The van der Waals surface area contributed by atoms with Gasteiger partial charge in [0.1, 0.15) is 11.6 Å². The number of allylic oxidation sites excluding steroid dienone is 1. The summed E-state index contributed by atoms with van der Waals surface area (Å²) >= 11 is 0. The molecule has 190 valence electrons. The lowest BCUT2D eigenvalue weighted by atomic mass is 9.70. The van der Waals surface area contributed by atoms with Gasteiger partial charge in [-0.25, -0.2) is 0 Å². The fourth-order valence-corrected chi connectivity index (χ4v) is 5.83. The summed E-state index contributed by atoms with van der Waals surface area (Å²) in [5.41, 5.74) is -1.61. The molecule has 2 amide bonds. The molecule has 6 atom stereocenters. The summed E-state index contributed by atoms with van der Waals surface area (Å²) in [6, 6.07) is -1.51. The predicted molar refractivity (Wildman–Crippen MR) is 128 cm³/mol. The Kier molecular flexibility index (Phi) is 7.92. The van der Waals surface area contributed by atoms with Gasteiger partial charge in [-0.15, -0.1) is 13.2 Å². The van der Waals surface area contributed by atoms with Crippen LogP contribution < -0.4 is 0 Å². The summed E-state index contributed by atoms with van der Waals surface area (Å²) in [6.07, 6.45) is 6.58. The van der Waals surface area contributed by atoms with E-state index in [0.717, 1.165) is 19.3 Å². The Morgan fingerprint density at radius 2 is 2.03 bits per heavy atom. The Hall–Kier alpha value is -2.19. The van der Waals surface area contributed by atoms with E-state index in [0.29, 0.717) is 19.4 Å². The number of aliphatic hydroxyl groups is 1. The van der Waals surface area contributed by atoms with Crippen molar-refractivity contribution < 1.29 is 29.0 Å². The molecule has 2 bridgehead atoms. The number of rotatable bonds is 11. The number of aliphatic hydroxyl groups excluding tert-OH is 1. The molecule has 1 spiro atoms.